The standard InChI is InChI=1S/C20H19Cl2NO3.C2H6/c1-25-16-4-5-17-13(10-16)3-2-6-20(17,24)15-9-14(12-23)19(18(22)11-15)26-8-7-21;1-2/h4-5,9-11,24H,2-3,6-8H2,1H3;1-2H3. The summed E-state index contributed by atoms with van der Waals surface area (Å²) in [7, 11) is 1.62. The first kappa shape index (κ1) is 22.4. The number of nitriles is 1. The van der Waals surface area contributed by atoms with Gasteiger partial charge in [0, 0.05) is 0 Å². The molecule has 0 aromatic heterocycles. The third-order valence-corrected chi connectivity index (χ3v) is 5.14. The fourth-order valence-corrected chi connectivity index (χ4v) is 3.83. The van der Waals surface area contributed by atoms with Gasteiger partial charge in [0.05, 0.1) is 23.6 Å². The molecule has 0 heterocycles. The summed E-state index contributed by atoms with van der Waals surface area (Å²) in [5.74, 6) is 1.35. The van der Waals surface area contributed by atoms with Crippen molar-refractivity contribution in [3.63, 3.8) is 0 Å². The Labute approximate surface area is 176 Å². The van der Waals surface area contributed by atoms with E-state index in [0.717, 1.165) is 29.7 Å². The number of benzene rings is 2. The average molecular weight is 422 g/mol. The van der Waals surface area contributed by atoms with Crippen LogP contribution in [0.2, 0.25) is 5.02 Å². The maximum Gasteiger partial charge on any atom is 0.155 e. The Morgan fingerprint density at radius 1 is 1.25 bits per heavy atom. The summed E-state index contributed by atoms with van der Waals surface area (Å²) in [6.07, 6.45) is 2.24. The van der Waals surface area contributed by atoms with Crippen LogP contribution in [0.1, 0.15) is 48.9 Å². The van der Waals surface area contributed by atoms with Crippen molar-refractivity contribution in [1.82, 2.24) is 0 Å². The number of ether oxygens (including phenoxy) is 2. The predicted octanol–water partition coefficient (Wildman–Crippen LogP) is 5.44. The molecule has 0 radical (unpaired) electrons. The zero-order valence-electron chi connectivity index (χ0n) is 16.4. The third-order valence-electron chi connectivity index (χ3n) is 4.71. The molecule has 6 heteroatoms. The first-order chi connectivity index (χ1) is 13.5. The van der Waals surface area contributed by atoms with Crippen molar-refractivity contribution in [2.75, 3.05) is 19.6 Å². The van der Waals surface area contributed by atoms with Crippen LogP contribution in [0, 0.1) is 11.3 Å². The summed E-state index contributed by atoms with van der Waals surface area (Å²) in [5.41, 5.74) is 1.52. The number of hydrogen-bond acceptors (Lipinski definition) is 4. The highest BCUT2D eigenvalue weighted by Crippen LogP contribution is 2.44. The smallest absolute Gasteiger partial charge is 0.155 e. The Morgan fingerprint density at radius 2 is 2.00 bits per heavy atom. The first-order valence-corrected chi connectivity index (χ1v) is 10.3. The molecule has 0 amide bonds. The molecule has 1 atom stereocenters. The van der Waals surface area contributed by atoms with Crippen molar-refractivity contribution in [2.45, 2.75) is 38.7 Å². The summed E-state index contributed by atoms with van der Waals surface area (Å²) in [6.45, 7) is 4.25. The summed E-state index contributed by atoms with van der Waals surface area (Å²) < 4.78 is 10.8. The molecule has 0 spiro atoms. The van der Waals surface area contributed by atoms with Crippen LogP contribution in [0.5, 0.6) is 11.5 Å². The number of nitrogens with zero attached hydrogens (tertiary/aromatic N) is 1. The van der Waals surface area contributed by atoms with E-state index in [4.69, 9.17) is 32.7 Å². The summed E-state index contributed by atoms with van der Waals surface area (Å²) in [6, 6.07) is 11.1. The minimum atomic E-state index is -1.21. The highest BCUT2D eigenvalue weighted by molar-refractivity contribution is 6.32. The SMILES string of the molecule is CC.COc1ccc2c(c1)CCCC2(O)c1cc(Cl)c(OCCCl)c(C#N)c1. The summed E-state index contributed by atoms with van der Waals surface area (Å²) in [4.78, 5) is 0. The van der Waals surface area contributed by atoms with Gasteiger partial charge in [-0.2, -0.15) is 5.26 Å². The van der Waals surface area contributed by atoms with Gasteiger partial charge in [0.15, 0.2) is 5.75 Å². The number of alkyl halides is 1. The highest BCUT2D eigenvalue weighted by Gasteiger charge is 2.37. The molecule has 0 saturated heterocycles. The number of fused-ring (bicyclic) bond motifs is 1. The zero-order chi connectivity index (χ0) is 20.7. The minimum Gasteiger partial charge on any atom is -0.497 e. The van der Waals surface area contributed by atoms with Gasteiger partial charge in [-0.3, -0.25) is 0 Å². The number of methoxy groups -OCH3 is 1. The molecule has 1 aliphatic rings. The van der Waals surface area contributed by atoms with Crippen molar-refractivity contribution < 1.29 is 14.6 Å². The zero-order valence-corrected chi connectivity index (χ0v) is 17.9. The van der Waals surface area contributed by atoms with E-state index < -0.39 is 5.60 Å². The maximum atomic E-state index is 11.5. The molecule has 0 saturated carbocycles. The molecule has 150 valence electrons. The molecule has 28 heavy (non-hydrogen) atoms. The van der Waals surface area contributed by atoms with E-state index in [1.54, 1.807) is 19.2 Å². The van der Waals surface area contributed by atoms with E-state index in [1.807, 2.05) is 32.0 Å². The van der Waals surface area contributed by atoms with E-state index in [0.29, 0.717) is 28.6 Å². The fraction of sp³-hybridized carbons (Fsp3) is 0.409. The van der Waals surface area contributed by atoms with Crippen molar-refractivity contribution in [3.8, 4) is 17.6 Å². The molecule has 0 aliphatic heterocycles. The molecule has 1 unspecified atom stereocenters. The van der Waals surface area contributed by atoms with Crippen molar-refractivity contribution in [1.29, 1.82) is 5.26 Å². The Kier molecular flexibility index (Phi) is 8.00. The van der Waals surface area contributed by atoms with Crippen LogP contribution in [0.3, 0.4) is 0 Å². The Morgan fingerprint density at radius 3 is 2.64 bits per heavy atom. The normalized spacial score (nSPS) is 17.6. The second-order valence-electron chi connectivity index (χ2n) is 6.22. The van der Waals surface area contributed by atoms with Crippen LogP contribution in [0.4, 0.5) is 0 Å². The topological polar surface area (TPSA) is 62.5 Å². The third kappa shape index (κ3) is 4.38. The van der Waals surface area contributed by atoms with Gasteiger partial charge < -0.3 is 14.6 Å². The summed E-state index contributed by atoms with van der Waals surface area (Å²) in [5, 5.41) is 21.3. The van der Waals surface area contributed by atoms with Crippen LogP contribution in [-0.4, -0.2) is 24.7 Å². The molecular formula is C22H25Cl2NO3. The number of hydrogen-bond donors (Lipinski definition) is 1. The minimum absolute atomic E-state index is 0.252. The lowest BCUT2D eigenvalue weighted by atomic mass is 9.74. The van der Waals surface area contributed by atoms with Crippen molar-refractivity contribution in [2.24, 2.45) is 0 Å². The van der Waals surface area contributed by atoms with Gasteiger partial charge in [0.25, 0.3) is 0 Å². The maximum absolute atomic E-state index is 11.5. The predicted molar refractivity (Wildman–Crippen MR) is 113 cm³/mol. The van der Waals surface area contributed by atoms with Crippen LogP contribution in [0.25, 0.3) is 0 Å². The molecule has 4 nitrogen and oxygen atoms in total. The molecule has 0 fully saturated rings. The van der Waals surface area contributed by atoms with Crippen LogP contribution >= 0.6 is 23.2 Å². The monoisotopic (exact) mass is 421 g/mol. The van der Waals surface area contributed by atoms with E-state index in [-0.39, 0.29) is 12.2 Å². The number of aryl methyl sites for hydroxylation is 1. The quantitative estimate of drug-likeness (QED) is 0.652. The average Bonchev–Trinajstić information content (AvgIpc) is 2.73. The van der Waals surface area contributed by atoms with Gasteiger partial charge >= 0.3 is 0 Å². The highest BCUT2D eigenvalue weighted by atomic mass is 35.5. The lowest BCUT2D eigenvalue weighted by molar-refractivity contribution is 0.0614. The van der Waals surface area contributed by atoms with Gasteiger partial charge in [-0.15, -0.1) is 11.6 Å². The Bertz CT molecular complexity index is 864. The van der Waals surface area contributed by atoms with Gasteiger partial charge in [0.2, 0.25) is 0 Å². The number of aliphatic hydroxyl groups is 1. The Balaban J connectivity index is 0.00000136. The number of rotatable bonds is 5. The van der Waals surface area contributed by atoms with E-state index >= 15 is 0 Å². The Hall–Kier alpha value is -1.93. The second-order valence-corrected chi connectivity index (χ2v) is 7.01. The first-order valence-electron chi connectivity index (χ1n) is 9.36. The number of halogens is 2. The van der Waals surface area contributed by atoms with Gasteiger partial charge in [-0.05, 0) is 60.2 Å². The van der Waals surface area contributed by atoms with E-state index in [9.17, 15) is 10.4 Å². The van der Waals surface area contributed by atoms with Crippen LogP contribution in [-0.2, 0) is 12.0 Å². The second kappa shape index (κ2) is 10.0. The van der Waals surface area contributed by atoms with Crippen molar-refractivity contribution >= 4 is 23.2 Å². The molecular weight excluding hydrogens is 397 g/mol. The van der Waals surface area contributed by atoms with Gasteiger partial charge in [-0.25, -0.2) is 0 Å². The van der Waals surface area contributed by atoms with Gasteiger partial charge in [0.1, 0.15) is 24.0 Å². The van der Waals surface area contributed by atoms with Crippen LogP contribution in [0.15, 0.2) is 30.3 Å². The van der Waals surface area contributed by atoms with E-state index in [1.165, 1.54) is 0 Å². The van der Waals surface area contributed by atoms with Gasteiger partial charge in [-0.1, -0.05) is 31.5 Å². The molecule has 3 rings (SSSR count). The molecule has 2 aromatic rings. The molecule has 1 N–H and O–H groups in total. The van der Waals surface area contributed by atoms with Crippen LogP contribution < -0.4 is 9.47 Å². The largest absolute Gasteiger partial charge is 0.497 e. The fourth-order valence-electron chi connectivity index (χ4n) is 3.48. The lowest BCUT2D eigenvalue weighted by Gasteiger charge is -2.35. The lowest BCUT2D eigenvalue weighted by Crippen LogP contribution is -2.32. The van der Waals surface area contributed by atoms with Crippen molar-refractivity contribution in [3.05, 3.63) is 57.6 Å². The molecule has 0 bridgehead atoms. The molecule has 2 aromatic carbocycles. The molecule has 1 aliphatic carbocycles. The van der Waals surface area contributed by atoms with E-state index in [2.05, 4.69) is 6.07 Å². The summed E-state index contributed by atoms with van der Waals surface area (Å²) >= 11 is 12.0.